The number of benzene rings is 1. The van der Waals surface area contributed by atoms with Gasteiger partial charge in [-0.1, -0.05) is 12.1 Å². The zero-order chi connectivity index (χ0) is 16.9. The SMILES string of the molecule is CCOC(=O)c1ccc(CN2CCNCC2c2cccc(F)c2)o1.Cl. The van der Waals surface area contributed by atoms with Gasteiger partial charge in [0.25, 0.3) is 0 Å². The van der Waals surface area contributed by atoms with Gasteiger partial charge in [-0.15, -0.1) is 12.4 Å². The maximum atomic E-state index is 13.5. The summed E-state index contributed by atoms with van der Waals surface area (Å²) in [7, 11) is 0. The van der Waals surface area contributed by atoms with Crippen molar-refractivity contribution >= 4 is 18.4 Å². The normalized spacial score (nSPS) is 17.8. The topological polar surface area (TPSA) is 54.7 Å². The van der Waals surface area contributed by atoms with Gasteiger partial charge in [-0.2, -0.15) is 0 Å². The lowest BCUT2D eigenvalue weighted by molar-refractivity contribution is 0.0484. The fourth-order valence-electron chi connectivity index (χ4n) is 2.95. The lowest BCUT2D eigenvalue weighted by atomic mass is 10.0. The average Bonchev–Trinajstić information content (AvgIpc) is 3.04. The summed E-state index contributed by atoms with van der Waals surface area (Å²) < 4.78 is 24.1. The van der Waals surface area contributed by atoms with Crippen molar-refractivity contribution in [1.82, 2.24) is 10.2 Å². The van der Waals surface area contributed by atoms with Crippen LogP contribution in [0.15, 0.2) is 40.8 Å². The highest BCUT2D eigenvalue weighted by atomic mass is 35.5. The molecule has 1 atom stereocenters. The highest BCUT2D eigenvalue weighted by Gasteiger charge is 2.25. The summed E-state index contributed by atoms with van der Waals surface area (Å²) in [5.41, 5.74) is 0.930. The molecule has 0 amide bonds. The number of rotatable bonds is 5. The number of nitrogens with one attached hydrogen (secondary N) is 1. The molecule has 1 N–H and O–H groups in total. The van der Waals surface area contributed by atoms with Crippen molar-refractivity contribution in [3.63, 3.8) is 0 Å². The third kappa shape index (κ3) is 4.81. The minimum absolute atomic E-state index is 0. The Bertz CT molecular complexity index is 707. The molecular formula is C18H22ClFN2O3. The number of esters is 1. The summed E-state index contributed by atoms with van der Waals surface area (Å²) in [4.78, 5) is 13.9. The standard InChI is InChI=1S/C18H21FN2O3.ClH/c1-2-23-18(22)17-7-6-15(24-17)12-21-9-8-20-11-16(21)13-4-3-5-14(19)10-13;/h3-7,10,16,20H,2,8-9,11-12H2,1H3;1H. The van der Waals surface area contributed by atoms with Gasteiger partial charge in [-0.3, -0.25) is 4.90 Å². The number of hydrogen-bond donors (Lipinski definition) is 1. The van der Waals surface area contributed by atoms with Crippen LogP contribution in [0.25, 0.3) is 0 Å². The zero-order valence-corrected chi connectivity index (χ0v) is 14.9. The highest BCUT2D eigenvalue weighted by Crippen LogP contribution is 2.25. The third-order valence-corrected chi connectivity index (χ3v) is 4.08. The van der Waals surface area contributed by atoms with Gasteiger partial charge in [0.05, 0.1) is 13.2 Å². The number of carbonyl (C=O) groups is 1. The Labute approximate surface area is 152 Å². The van der Waals surface area contributed by atoms with Crippen LogP contribution in [0, 0.1) is 5.82 Å². The van der Waals surface area contributed by atoms with Gasteiger partial charge in [0, 0.05) is 25.7 Å². The summed E-state index contributed by atoms with van der Waals surface area (Å²) in [5, 5.41) is 3.34. The van der Waals surface area contributed by atoms with E-state index in [-0.39, 0.29) is 30.0 Å². The molecular weight excluding hydrogens is 347 g/mol. The Hall–Kier alpha value is -1.89. The molecule has 1 aromatic carbocycles. The molecule has 1 aliphatic heterocycles. The Kier molecular flexibility index (Phi) is 6.99. The van der Waals surface area contributed by atoms with E-state index in [2.05, 4.69) is 10.2 Å². The fraction of sp³-hybridized carbons (Fsp3) is 0.389. The first-order chi connectivity index (χ1) is 11.7. The van der Waals surface area contributed by atoms with Crippen molar-refractivity contribution in [2.75, 3.05) is 26.2 Å². The van der Waals surface area contributed by atoms with Crippen LogP contribution in [-0.2, 0) is 11.3 Å². The molecule has 3 rings (SSSR count). The van der Waals surface area contributed by atoms with Gasteiger partial charge >= 0.3 is 5.97 Å². The molecule has 136 valence electrons. The summed E-state index contributed by atoms with van der Waals surface area (Å²) >= 11 is 0. The molecule has 1 unspecified atom stereocenters. The van der Waals surface area contributed by atoms with Crippen molar-refractivity contribution in [3.05, 3.63) is 59.3 Å². The van der Waals surface area contributed by atoms with Gasteiger partial charge in [-0.05, 0) is 36.8 Å². The van der Waals surface area contributed by atoms with E-state index < -0.39 is 5.97 Å². The predicted molar refractivity (Wildman–Crippen MR) is 94.3 cm³/mol. The van der Waals surface area contributed by atoms with Crippen LogP contribution >= 0.6 is 12.4 Å². The lowest BCUT2D eigenvalue weighted by Gasteiger charge is -2.36. The van der Waals surface area contributed by atoms with E-state index in [0.29, 0.717) is 18.9 Å². The van der Waals surface area contributed by atoms with Gasteiger partial charge in [0.15, 0.2) is 0 Å². The molecule has 7 heteroatoms. The van der Waals surface area contributed by atoms with Crippen LogP contribution in [-0.4, -0.2) is 37.1 Å². The number of halogens is 2. The molecule has 1 aliphatic rings. The zero-order valence-electron chi connectivity index (χ0n) is 14.0. The maximum Gasteiger partial charge on any atom is 0.374 e. The number of ether oxygens (including phenoxy) is 1. The van der Waals surface area contributed by atoms with Gasteiger partial charge in [0.1, 0.15) is 11.6 Å². The Balaban J connectivity index is 0.00000225. The van der Waals surface area contributed by atoms with Crippen LogP contribution in [0.5, 0.6) is 0 Å². The van der Waals surface area contributed by atoms with Gasteiger partial charge < -0.3 is 14.5 Å². The molecule has 0 radical (unpaired) electrons. The van der Waals surface area contributed by atoms with Crippen LogP contribution in [0.4, 0.5) is 4.39 Å². The molecule has 0 aliphatic carbocycles. The highest BCUT2D eigenvalue weighted by molar-refractivity contribution is 5.86. The molecule has 0 spiro atoms. The first-order valence-corrected chi connectivity index (χ1v) is 8.13. The molecule has 1 aromatic heterocycles. The smallest absolute Gasteiger partial charge is 0.374 e. The van der Waals surface area contributed by atoms with E-state index in [9.17, 15) is 9.18 Å². The Morgan fingerprint density at radius 1 is 1.40 bits per heavy atom. The monoisotopic (exact) mass is 368 g/mol. The fourth-order valence-corrected chi connectivity index (χ4v) is 2.95. The van der Waals surface area contributed by atoms with E-state index >= 15 is 0 Å². The molecule has 5 nitrogen and oxygen atoms in total. The van der Waals surface area contributed by atoms with E-state index in [0.717, 1.165) is 25.2 Å². The molecule has 2 heterocycles. The van der Waals surface area contributed by atoms with Crippen LogP contribution in [0.2, 0.25) is 0 Å². The second kappa shape index (κ2) is 8.99. The van der Waals surface area contributed by atoms with Crippen molar-refractivity contribution in [1.29, 1.82) is 0 Å². The second-order valence-corrected chi connectivity index (χ2v) is 5.73. The Morgan fingerprint density at radius 3 is 3.00 bits per heavy atom. The average molecular weight is 369 g/mol. The first kappa shape index (κ1) is 19.4. The predicted octanol–water partition coefficient (Wildman–Crippen LogP) is 3.16. The minimum Gasteiger partial charge on any atom is -0.460 e. The quantitative estimate of drug-likeness (QED) is 0.821. The number of furan rings is 1. The Morgan fingerprint density at radius 2 is 2.24 bits per heavy atom. The van der Waals surface area contributed by atoms with Crippen molar-refractivity contribution in [2.45, 2.75) is 19.5 Å². The third-order valence-electron chi connectivity index (χ3n) is 4.08. The van der Waals surface area contributed by atoms with Crippen molar-refractivity contribution in [3.8, 4) is 0 Å². The van der Waals surface area contributed by atoms with Gasteiger partial charge in [-0.25, -0.2) is 9.18 Å². The summed E-state index contributed by atoms with van der Waals surface area (Å²) in [6, 6.07) is 10.1. The van der Waals surface area contributed by atoms with Crippen molar-refractivity contribution < 1.29 is 18.3 Å². The number of piperazine rings is 1. The molecule has 1 saturated heterocycles. The molecule has 0 bridgehead atoms. The van der Waals surface area contributed by atoms with Crippen LogP contribution < -0.4 is 5.32 Å². The molecule has 25 heavy (non-hydrogen) atoms. The van der Waals surface area contributed by atoms with E-state index in [1.807, 2.05) is 6.07 Å². The second-order valence-electron chi connectivity index (χ2n) is 5.73. The summed E-state index contributed by atoms with van der Waals surface area (Å²) in [6.45, 7) is 5.05. The van der Waals surface area contributed by atoms with Gasteiger partial charge in [0.2, 0.25) is 5.76 Å². The molecule has 0 saturated carbocycles. The van der Waals surface area contributed by atoms with Crippen molar-refractivity contribution in [2.24, 2.45) is 0 Å². The molecule has 2 aromatic rings. The van der Waals surface area contributed by atoms with Crippen LogP contribution in [0.3, 0.4) is 0 Å². The lowest BCUT2D eigenvalue weighted by Crippen LogP contribution is -2.45. The number of carbonyl (C=O) groups excluding carboxylic acids is 1. The summed E-state index contributed by atoms with van der Waals surface area (Å²) in [6.07, 6.45) is 0. The minimum atomic E-state index is -0.453. The van der Waals surface area contributed by atoms with Crippen LogP contribution in [0.1, 0.15) is 34.8 Å². The largest absolute Gasteiger partial charge is 0.460 e. The first-order valence-electron chi connectivity index (χ1n) is 8.13. The number of nitrogens with zero attached hydrogens (tertiary/aromatic N) is 1. The van der Waals surface area contributed by atoms with E-state index in [4.69, 9.17) is 9.15 Å². The maximum absolute atomic E-state index is 13.5. The molecule has 1 fully saturated rings. The van der Waals surface area contributed by atoms with E-state index in [1.54, 1.807) is 31.2 Å². The summed E-state index contributed by atoms with van der Waals surface area (Å²) in [5.74, 6) is 0.219. The van der Waals surface area contributed by atoms with E-state index in [1.165, 1.54) is 6.07 Å². The number of hydrogen-bond acceptors (Lipinski definition) is 5.